The Kier molecular flexibility index (Phi) is 6.83. The highest BCUT2D eigenvalue weighted by Crippen LogP contribution is 2.27. The van der Waals surface area contributed by atoms with Gasteiger partial charge in [0.2, 0.25) is 11.8 Å². The molecule has 1 saturated heterocycles. The van der Waals surface area contributed by atoms with E-state index in [1.807, 2.05) is 12.1 Å². The van der Waals surface area contributed by atoms with Crippen molar-refractivity contribution in [2.24, 2.45) is 5.73 Å². The van der Waals surface area contributed by atoms with Crippen molar-refractivity contribution in [1.29, 1.82) is 5.41 Å². The van der Waals surface area contributed by atoms with Crippen molar-refractivity contribution in [3.8, 4) is 11.1 Å². The number of nitrogens with zero attached hydrogens (tertiary/aromatic N) is 5. The van der Waals surface area contributed by atoms with Gasteiger partial charge in [-0.3, -0.25) is 19.7 Å². The number of amidine groups is 1. The van der Waals surface area contributed by atoms with Crippen LogP contribution in [0.5, 0.6) is 0 Å². The van der Waals surface area contributed by atoms with Gasteiger partial charge in [0.05, 0.1) is 36.6 Å². The number of carbonyl (C=O) groups is 2. The summed E-state index contributed by atoms with van der Waals surface area (Å²) in [6.45, 7) is -0.440. The Balaban J connectivity index is 1.38. The number of hydrogen-bond acceptors (Lipinski definition) is 7. The number of halogens is 1. The van der Waals surface area contributed by atoms with Crippen molar-refractivity contribution in [2.45, 2.75) is 63.0 Å². The number of alkyl halides is 1. The predicted molar refractivity (Wildman–Crippen MR) is 133 cm³/mol. The molecule has 5 rings (SSSR count). The standard InChI is InChI=1S/C25H29FN8O3/c26-16-10-20(25(37)31-18-3-1-2-4-21(18)35)33(12-16)22(36)13-34-19-6-5-14(15-7-8-29-30-11-15)9-17(19)23(32-34)24(27)28/h5-9,11,16,18,20-21,35H,1-4,10,12-13H2,(H3,27,28)(H,31,37). The number of nitrogen functional groups attached to an aromatic ring is 1. The first kappa shape index (κ1) is 24.8. The maximum Gasteiger partial charge on any atom is 0.245 e. The van der Waals surface area contributed by atoms with Crippen LogP contribution in [0.25, 0.3) is 22.0 Å². The van der Waals surface area contributed by atoms with Crippen LogP contribution in [0, 0.1) is 5.41 Å². The van der Waals surface area contributed by atoms with Crippen LogP contribution in [-0.2, 0) is 16.1 Å². The molecule has 2 fully saturated rings. The summed E-state index contributed by atoms with van der Waals surface area (Å²) in [5.74, 6) is -1.18. The maximum absolute atomic E-state index is 14.4. The zero-order chi connectivity index (χ0) is 26.1. The zero-order valence-electron chi connectivity index (χ0n) is 20.2. The van der Waals surface area contributed by atoms with Crippen molar-refractivity contribution in [3.05, 3.63) is 42.4 Å². The largest absolute Gasteiger partial charge is 0.391 e. The number of fused-ring (bicyclic) bond motifs is 1. The molecule has 0 spiro atoms. The number of amides is 2. The first-order valence-corrected chi connectivity index (χ1v) is 12.4. The molecule has 2 amide bonds. The van der Waals surface area contributed by atoms with E-state index in [2.05, 4.69) is 20.6 Å². The minimum Gasteiger partial charge on any atom is -0.391 e. The van der Waals surface area contributed by atoms with E-state index >= 15 is 0 Å². The maximum atomic E-state index is 14.4. The number of hydrogen-bond donors (Lipinski definition) is 4. The third-order valence-corrected chi connectivity index (χ3v) is 7.14. The van der Waals surface area contributed by atoms with Crippen molar-refractivity contribution in [2.75, 3.05) is 6.54 Å². The van der Waals surface area contributed by atoms with Crippen molar-refractivity contribution in [3.63, 3.8) is 0 Å². The molecule has 4 atom stereocenters. The molecule has 3 heterocycles. The van der Waals surface area contributed by atoms with E-state index in [1.165, 1.54) is 9.58 Å². The summed E-state index contributed by atoms with van der Waals surface area (Å²) in [5.41, 5.74) is 8.21. The molecule has 37 heavy (non-hydrogen) atoms. The van der Waals surface area contributed by atoms with Crippen LogP contribution in [0.4, 0.5) is 4.39 Å². The second kappa shape index (κ2) is 10.2. The SMILES string of the molecule is N=C(N)c1nn(CC(=O)N2CC(F)CC2C(=O)NC2CCCCC2O)c2ccc(-c3ccnnc3)cc12. The molecule has 11 nitrogen and oxygen atoms in total. The molecule has 1 aromatic carbocycles. The highest BCUT2D eigenvalue weighted by molar-refractivity contribution is 6.06. The molecule has 2 aromatic heterocycles. The van der Waals surface area contributed by atoms with Gasteiger partial charge in [-0.1, -0.05) is 18.9 Å². The van der Waals surface area contributed by atoms with Gasteiger partial charge in [-0.15, -0.1) is 0 Å². The van der Waals surface area contributed by atoms with E-state index in [1.54, 1.807) is 24.5 Å². The average molecular weight is 509 g/mol. The quantitative estimate of drug-likeness (QED) is 0.286. The van der Waals surface area contributed by atoms with Crippen LogP contribution in [0.3, 0.4) is 0 Å². The van der Waals surface area contributed by atoms with Gasteiger partial charge in [0.15, 0.2) is 0 Å². The van der Waals surface area contributed by atoms with E-state index in [0.717, 1.165) is 24.0 Å². The molecule has 4 unspecified atom stereocenters. The van der Waals surface area contributed by atoms with E-state index in [4.69, 9.17) is 11.1 Å². The van der Waals surface area contributed by atoms with E-state index in [0.29, 0.717) is 23.7 Å². The number of aromatic nitrogens is 4. The van der Waals surface area contributed by atoms with Gasteiger partial charge >= 0.3 is 0 Å². The lowest BCUT2D eigenvalue weighted by Gasteiger charge is -2.31. The van der Waals surface area contributed by atoms with Gasteiger partial charge in [-0.25, -0.2) is 4.39 Å². The number of aliphatic hydroxyl groups excluding tert-OH is 1. The van der Waals surface area contributed by atoms with Gasteiger partial charge < -0.3 is 21.1 Å². The van der Waals surface area contributed by atoms with Crippen molar-refractivity contribution in [1.82, 2.24) is 30.2 Å². The summed E-state index contributed by atoms with van der Waals surface area (Å²) in [4.78, 5) is 27.5. The molecule has 12 heteroatoms. The summed E-state index contributed by atoms with van der Waals surface area (Å²) in [5, 5.41) is 33.7. The fourth-order valence-corrected chi connectivity index (χ4v) is 5.23. The summed E-state index contributed by atoms with van der Waals surface area (Å²) in [6, 6.07) is 5.87. The third kappa shape index (κ3) is 5.01. The molecule has 0 bridgehead atoms. The number of rotatable bonds is 6. The first-order chi connectivity index (χ1) is 17.8. The second-order valence-corrected chi connectivity index (χ2v) is 9.64. The highest BCUT2D eigenvalue weighted by atomic mass is 19.1. The van der Waals surface area contributed by atoms with Crippen LogP contribution in [0.15, 0.2) is 36.7 Å². The number of benzene rings is 1. The molecule has 1 saturated carbocycles. The summed E-state index contributed by atoms with van der Waals surface area (Å²) >= 11 is 0. The molecular weight excluding hydrogens is 479 g/mol. The average Bonchev–Trinajstić information content (AvgIpc) is 3.46. The minimum absolute atomic E-state index is 0.0950. The van der Waals surface area contributed by atoms with Crippen LogP contribution in [0.2, 0.25) is 0 Å². The van der Waals surface area contributed by atoms with Crippen molar-refractivity contribution < 1.29 is 19.1 Å². The fourth-order valence-electron chi connectivity index (χ4n) is 5.23. The number of nitrogens with two attached hydrogens (primary N) is 1. The van der Waals surface area contributed by atoms with Crippen LogP contribution in [0.1, 0.15) is 37.8 Å². The highest BCUT2D eigenvalue weighted by Gasteiger charge is 2.41. The van der Waals surface area contributed by atoms with Gasteiger partial charge in [0.25, 0.3) is 0 Å². The Morgan fingerprint density at radius 2 is 2.00 bits per heavy atom. The first-order valence-electron chi connectivity index (χ1n) is 12.4. The smallest absolute Gasteiger partial charge is 0.245 e. The topological polar surface area (TPSA) is 163 Å². The fraction of sp³-hybridized carbons (Fsp3) is 0.440. The second-order valence-electron chi connectivity index (χ2n) is 9.64. The number of carbonyl (C=O) groups excluding carboxylic acids is 2. The Morgan fingerprint density at radius 1 is 1.19 bits per heavy atom. The lowest BCUT2D eigenvalue weighted by molar-refractivity contribution is -0.139. The van der Waals surface area contributed by atoms with Crippen LogP contribution < -0.4 is 11.1 Å². The monoisotopic (exact) mass is 508 g/mol. The van der Waals surface area contributed by atoms with Crippen molar-refractivity contribution >= 4 is 28.6 Å². The minimum atomic E-state index is -1.32. The normalized spacial score (nSPS) is 23.8. The molecule has 3 aromatic rings. The Hall–Kier alpha value is -3.93. The van der Waals surface area contributed by atoms with E-state index in [-0.39, 0.29) is 31.0 Å². The lowest BCUT2D eigenvalue weighted by Crippen LogP contribution is -2.53. The molecule has 0 radical (unpaired) electrons. The molecule has 194 valence electrons. The van der Waals surface area contributed by atoms with Gasteiger partial charge in [0, 0.05) is 17.4 Å². The molecule has 1 aliphatic heterocycles. The molecule has 5 N–H and O–H groups in total. The summed E-state index contributed by atoms with van der Waals surface area (Å²) in [7, 11) is 0. The van der Waals surface area contributed by atoms with E-state index < -0.39 is 36.2 Å². The lowest BCUT2D eigenvalue weighted by atomic mass is 9.92. The third-order valence-electron chi connectivity index (χ3n) is 7.14. The van der Waals surface area contributed by atoms with Crippen LogP contribution in [-0.4, -0.2) is 78.5 Å². The Labute approximate surface area is 212 Å². The summed E-state index contributed by atoms with van der Waals surface area (Å²) < 4.78 is 15.8. The van der Waals surface area contributed by atoms with Gasteiger partial charge in [-0.2, -0.15) is 15.3 Å². The van der Waals surface area contributed by atoms with E-state index in [9.17, 15) is 19.1 Å². The number of aliphatic hydroxyl groups is 1. The van der Waals surface area contributed by atoms with Crippen LogP contribution >= 0.6 is 0 Å². The summed E-state index contributed by atoms with van der Waals surface area (Å²) in [6.07, 6.45) is 4.17. The predicted octanol–water partition coefficient (Wildman–Crippen LogP) is 1.14. The number of nitrogens with one attached hydrogen (secondary N) is 2. The zero-order valence-corrected chi connectivity index (χ0v) is 20.2. The Bertz CT molecular complexity index is 1330. The van der Waals surface area contributed by atoms with Gasteiger partial charge in [0.1, 0.15) is 30.3 Å². The Morgan fingerprint density at radius 3 is 2.73 bits per heavy atom. The molecule has 1 aliphatic carbocycles. The molecular formula is C25H29FN8O3. The molecule has 2 aliphatic rings. The van der Waals surface area contributed by atoms with Gasteiger partial charge in [-0.05, 0) is 36.6 Å². The number of likely N-dealkylation sites (tertiary alicyclic amines) is 1.